The first-order valence-corrected chi connectivity index (χ1v) is 26.7. The third-order valence-electron chi connectivity index (χ3n) is 12.0. The van der Waals surface area contributed by atoms with E-state index in [0.29, 0.717) is 19.3 Å². The van der Waals surface area contributed by atoms with Crippen LogP contribution in [-0.4, -0.2) is 37.2 Å². The zero-order valence-electron chi connectivity index (χ0n) is 40.5. The predicted molar refractivity (Wildman–Crippen MR) is 256 cm³/mol. The van der Waals surface area contributed by atoms with E-state index in [2.05, 4.69) is 32.9 Å². The van der Waals surface area contributed by atoms with Crippen molar-refractivity contribution >= 4 is 17.9 Å². The lowest BCUT2D eigenvalue weighted by Gasteiger charge is -2.18. The fraction of sp³-hybridized carbons (Fsp3) is 0.907. The van der Waals surface area contributed by atoms with Crippen LogP contribution in [0.25, 0.3) is 0 Å². The minimum absolute atomic E-state index is 0.0681. The number of allylic oxidation sites excluding steroid dienone is 2. The molecular formula is C54H102O6. The van der Waals surface area contributed by atoms with E-state index in [-0.39, 0.29) is 31.1 Å². The van der Waals surface area contributed by atoms with Crippen LogP contribution in [0.1, 0.15) is 297 Å². The van der Waals surface area contributed by atoms with Gasteiger partial charge < -0.3 is 14.2 Å². The average Bonchev–Trinajstić information content (AvgIpc) is 3.24. The van der Waals surface area contributed by atoms with Gasteiger partial charge in [0.25, 0.3) is 0 Å². The van der Waals surface area contributed by atoms with Gasteiger partial charge in [0.2, 0.25) is 0 Å². The molecule has 6 heteroatoms. The highest BCUT2D eigenvalue weighted by atomic mass is 16.6. The van der Waals surface area contributed by atoms with Crippen molar-refractivity contribution in [3.8, 4) is 0 Å². The third-order valence-corrected chi connectivity index (χ3v) is 12.0. The second kappa shape index (κ2) is 49.8. The summed E-state index contributed by atoms with van der Waals surface area (Å²) in [6.07, 6.45) is 54.9. The van der Waals surface area contributed by atoms with Crippen LogP contribution in [0.15, 0.2) is 12.2 Å². The molecule has 354 valence electrons. The number of rotatable bonds is 49. The van der Waals surface area contributed by atoms with Crippen LogP contribution in [0.2, 0.25) is 0 Å². The van der Waals surface area contributed by atoms with Crippen LogP contribution < -0.4 is 0 Å². The van der Waals surface area contributed by atoms with Crippen LogP contribution in [0.5, 0.6) is 0 Å². The molecule has 0 aliphatic rings. The van der Waals surface area contributed by atoms with Gasteiger partial charge in [0, 0.05) is 19.3 Å². The lowest BCUT2D eigenvalue weighted by atomic mass is 10.0. The third kappa shape index (κ3) is 47.2. The first kappa shape index (κ1) is 58.1. The molecule has 0 saturated carbocycles. The molecule has 0 spiro atoms. The summed E-state index contributed by atoms with van der Waals surface area (Å²) in [5, 5.41) is 0. The minimum Gasteiger partial charge on any atom is -0.462 e. The molecule has 0 aromatic carbocycles. The quantitative estimate of drug-likeness (QED) is 0.0263. The highest BCUT2D eigenvalue weighted by molar-refractivity contribution is 5.71. The van der Waals surface area contributed by atoms with Gasteiger partial charge in [-0.3, -0.25) is 14.4 Å². The summed E-state index contributed by atoms with van der Waals surface area (Å²) < 4.78 is 16.8. The van der Waals surface area contributed by atoms with Crippen molar-refractivity contribution in [3.63, 3.8) is 0 Å². The highest BCUT2D eigenvalue weighted by Gasteiger charge is 2.19. The van der Waals surface area contributed by atoms with Gasteiger partial charge in [-0.2, -0.15) is 0 Å². The molecule has 0 fully saturated rings. The van der Waals surface area contributed by atoms with E-state index >= 15 is 0 Å². The van der Waals surface area contributed by atoms with E-state index in [0.717, 1.165) is 64.2 Å². The summed E-state index contributed by atoms with van der Waals surface area (Å²) in [5.74, 6) is -0.861. The lowest BCUT2D eigenvalue weighted by molar-refractivity contribution is -0.167. The molecule has 0 N–H and O–H groups in total. The van der Waals surface area contributed by atoms with Gasteiger partial charge in [0.15, 0.2) is 6.10 Å². The summed E-state index contributed by atoms with van der Waals surface area (Å²) in [5.41, 5.74) is 0. The van der Waals surface area contributed by atoms with Crippen LogP contribution in [0.3, 0.4) is 0 Å². The summed E-state index contributed by atoms with van der Waals surface area (Å²) >= 11 is 0. The molecule has 1 atom stereocenters. The Balaban J connectivity index is 4.27. The molecule has 6 nitrogen and oxygen atoms in total. The van der Waals surface area contributed by atoms with Gasteiger partial charge >= 0.3 is 17.9 Å². The molecule has 0 aliphatic heterocycles. The Morgan fingerprint density at radius 3 is 0.833 bits per heavy atom. The fourth-order valence-electron chi connectivity index (χ4n) is 7.97. The molecule has 0 aromatic heterocycles. The fourth-order valence-corrected chi connectivity index (χ4v) is 7.97. The molecule has 1 unspecified atom stereocenters. The van der Waals surface area contributed by atoms with Crippen LogP contribution in [0.4, 0.5) is 0 Å². The van der Waals surface area contributed by atoms with Gasteiger partial charge in [-0.05, 0) is 44.9 Å². The van der Waals surface area contributed by atoms with Gasteiger partial charge in [0.05, 0.1) is 0 Å². The predicted octanol–water partition coefficient (Wildman–Crippen LogP) is 17.4. The van der Waals surface area contributed by atoms with E-state index in [1.807, 2.05) is 0 Å². The highest BCUT2D eigenvalue weighted by Crippen LogP contribution is 2.16. The van der Waals surface area contributed by atoms with E-state index in [1.165, 1.54) is 193 Å². The Hall–Kier alpha value is -1.85. The standard InChI is InChI=1S/C54H102O6/c1-4-7-10-13-16-19-21-23-25-27-29-30-32-35-38-41-44-47-53(56)59-50-51(49-58-52(55)46-43-40-37-34-18-15-12-9-6-3)60-54(57)48-45-42-39-36-33-31-28-26-24-22-20-17-14-11-8-5-2/h26,28,51H,4-25,27,29-50H2,1-3H3/b28-26-. The molecule has 0 rings (SSSR count). The largest absolute Gasteiger partial charge is 0.462 e. The SMILES string of the molecule is CCCCCCCCC/C=C\CCCCCCCC(=O)OC(COC(=O)CCCCCCCCCCC)COC(=O)CCCCCCCCCCCCCCCCCCC. The summed E-state index contributed by atoms with van der Waals surface area (Å²) in [4.78, 5) is 37.9. The Labute approximate surface area is 373 Å². The van der Waals surface area contributed by atoms with Crippen molar-refractivity contribution in [2.24, 2.45) is 0 Å². The molecule has 60 heavy (non-hydrogen) atoms. The van der Waals surface area contributed by atoms with Crippen molar-refractivity contribution in [2.45, 2.75) is 303 Å². The molecule has 0 radical (unpaired) electrons. The van der Waals surface area contributed by atoms with Crippen molar-refractivity contribution in [1.82, 2.24) is 0 Å². The van der Waals surface area contributed by atoms with Crippen LogP contribution in [-0.2, 0) is 28.6 Å². The molecular weight excluding hydrogens is 745 g/mol. The Kier molecular flexibility index (Phi) is 48.3. The lowest BCUT2D eigenvalue weighted by Crippen LogP contribution is -2.30. The van der Waals surface area contributed by atoms with Crippen molar-refractivity contribution in [3.05, 3.63) is 12.2 Å². The molecule has 0 bridgehead atoms. The first-order valence-electron chi connectivity index (χ1n) is 26.7. The van der Waals surface area contributed by atoms with E-state index < -0.39 is 6.10 Å². The maximum Gasteiger partial charge on any atom is 0.306 e. The van der Waals surface area contributed by atoms with E-state index in [1.54, 1.807) is 0 Å². The summed E-state index contributed by atoms with van der Waals surface area (Å²) in [6, 6.07) is 0. The first-order chi connectivity index (χ1) is 29.5. The number of hydrogen-bond donors (Lipinski definition) is 0. The summed E-state index contributed by atoms with van der Waals surface area (Å²) in [7, 11) is 0. The van der Waals surface area contributed by atoms with Gasteiger partial charge in [-0.1, -0.05) is 245 Å². The maximum absolute atomic E-state index is 12.8. The molecule has 0 amide bonds. The van der Waals surface area contributed by atoms with Crippen molar-refractivity contribution in [2.75, 3.05) is 13.2 Å². The van der Waals surface area contributed by atoms with Gasteiger partial charge in [-0.15, -0.1) is 0 Å². The number of hydrogen-bond acceptors (Lipinski definition) is 6. The Morgan fingerprint density at radius 1 is 0.317 bits per heavy atom. The number of esters is 3. The number of carbonyl (C=O) groups is 3. The molecule has 0 aliphatic carbocycles. The minimum atomic E-state index is -0.767. The molecule has 0 heterocycles. The Bertz CT molecular complexity index is 931. The Morgan fingerprint density at radius 2 is 0.550 bits per heavy atom. The second-order valence-electron chi connectivity index (χ2n) is 18.2. The van der Waals surface area contributed by atoms with Crippen LogP contribution in [0, 0.1) is 0 Å². The maximum atomic E-state index is 12.8. The number of ether oxygens (including phenoxy) is 3. The summed E-state index contributed by atoms with van der Waals surface area (Å²) in [6.45, 7) is 6.65. The topological polar surface area (TPSA) is 78.9 Å². The van der Waals surface area contributed by atoms with Crippen LogP contribution >= 0.6 is 0 Å². The second-order valence-corrected chi connectivity index (χ2v) is 18.2. The zero-order chi connectivity index (χ0) is 43.7. The molecule has 0 saturated heterocycles. The molecule has 0 aromatic rings. The van der Waals surface area contributed by atoms with Gasteiger partial charge in [0.1, 0.15) is 13.2 Å². The number of carbonyl (C=O) groups excluding carboxylic acids is 3. The van der Waals surface area contributed by atoms with Crippen molar-refractivity contribution in [1.29, 1.82) is 0 Å². The smallest absolute Gasteiger partial charge is 0.306 e. The van der Waals surface area contributed by atoms with Gasteiger partial charge in [-0.25, -0.2) is 0 Å². The van der Waals surface area contributed by atoms with E-state index in [9.17, 15) is 14.4 Å². The zero-order valence-corrected chi connectivity index (χ0v) is 40.5. The van der Waals surface area contributed by atoms with E-state index in [4.69, 9.17) is 14.2 Å². The van der Waals surface area contributed by atoms with Crippen molar-refractivity contribution < 1.29 is 28.6 Å². The monoisotopic (exact) mass is 847 g/mol. The average molecular weight is 847 g/mol. The normalized spacial score (nSPS) is 12.0. The number of unbranched alkanes of at least 4 members (excludes halogenated alkanes) is 36.